The molecule has 4 nitrogen and oxygen atoms in total. The molecule has 0 aliphatic carbocycles. The van der Waals surface area contributed by atoms with Crippen LogP contribution in [0.5, 0.6) is 0 Å². The zero-order valence-corrected chi connectivity index (χ0v) is 12.6. The van der Waals surface area contributed by atoms with E-state index in [-0.39, 0.29) is 5.91 Å². The zero-order chi connectivity index (χ0) is 14.4. The number of anilines is 1. The second-order valence-corrected chi connectivity index (χ2v) is 5.08. The molecule has 0 aliphatic heterocycles. The lowest BCUT2D eigenvalue weighted by Gasteiger charge is -2.20. The highest BCUT2D eigenvalue weighted by molar-refractivity contribution is 5.93. The van der Waals surface area contributed by atoms with Crippen molar-refractivity contribution in [1.29, 1.82) is 0 Å². The molecule has 106 valence electrons. The summed E-state index contributed by atoms with van der Waals surface area (Å²) >= 11 is 0. The molecular weight excluding hydrogens is 238 g/mol. The van der Waals surface area contributed by atoms with E-state index in [9.17, 15) is 4.79 Å². The molecule has 1 aromatic heterocycles. The van der Waals surface area contributed by atoms with Gasteiger partial charge in [0.2, 0.25) is 0 Å². The third-order valence-corrected chi connectivity index (χ3v) is 3.42. The van der Waals surface area contributed by atoms with Crippen LogP contribution in [-0.2, 0) is 0 Å². The summed E-state index contributed by atoms with van der Waals surface area (Å²) in [7, 11) is 0. The topological polar surface area (TPSA) is 45.2 Å². The minimum absolute atomic E-state index is 0.00847. The Hall–Kier alpha value is -1.58. The second-order valence-electron chi connectivity index (χ2n) is 5.08. The maximum absolute atomic E-state index is 12.2. The zero-order valence-electron chi connectivity index (χ0n) is 12.6. The van der Waals surface area contributed by atoms with Crippen LogP contribution in [-0.4, -0.2) is 34.9 Å². The summed E-state index contributed by atoms with van der Waals surface area (Å²) in [6.45, 7) is 11.8. The molecular formula is C15H25N3O. The largest absolute Gasteiger partial charge is 0.382 e. The Morgan fingerprint density at radius 3 is 2.47 bits per heavy atom. The van der Waals surface area contributed by atoms with Gasteiger partial charge >= 0.3 is 0 Å². The Kier molecular flexibility index (Phi) is 5.80. The molecule has 0 bridgehead atoms. The Morgan fingerprint density at radius 1 is 1.32 bits per heavy atom. The molecule has 0 spiro atoms. The summed E-state index contributed by atoms with van der Waals surface area (Å²) in [5, 5.41) is 3.40. The Morgan fingerprint density at radius 2 is 1.95 bits per heavy atom. The molecule has 1 N–H and O–H groups in total. The SMILES string of the molecule is CCN(CC)C(=O)c1cc(NC(C)C(C)C)ccn1. The summed E-state index contributed by atoms with van der Waals surface area (Å²) in [6.07, 6.45) is 1.69. The van der Waals surface area contributed by atoms with Crippen LogP contribution in [0.2, 0.25) is 0 Å². The number of carbonyl (C=O) groups excluding carboxylic acids is 1. The Balaban J connectivity index is 2.85. The number of pyridine rings is 1. The van der Waals surface area contributed by atoms with E-state index >= 15 is 0 Å². The molecule has 1 atom stereocenters. The van der Waals surface area contributed by atoms with Crippen molar-refractivity contribution in [1.82, 2.24) is 9.88 Å². The van der Waals surface area contributed by atoms with E-state index in [1.807, 2.05) is 26.0 Å². The average Bonchev–Trinajstić information content (AvgIpc) is 2.40. The maximum Gasteiger partial charge on any atom is 0.272 e. The van der Waals surface area contributed by atoms with E-state index < -0.39 is 0 Å². The molecule has 0 aromatic carbocycles. The van der Waals surface area contributed by atoms with Crippen LogP contribution in [0.4, 0.5) is 5.69 Å². The fourth-order valence-electron chi connectivity index (χ4n) is 1.74. The molecule has 4 heteroatoms. The van der Waals surface area contributed by atoms with Crippen LogP contribution in [0.25, 0.3) is 0 Å². The summed E-state index contributed by atoms with van der Waals surface area (Å²) < 4.78 is 0. The number of hydrogen-bond acceptors (Lipinski definition) is 3. The molecule has 0 radical (unpaired) electrons. The van der Waals surface area contributed by atoms with Crippen molar-refractivity contribution in [2.75, 3.05) is 18.4 Å². The van der Waals surface area contributed by atoms with Crippen LogP contribution in [0, 0.1) is 5.92 Å². The first-order valence-electron chi connectivity index (χ1n) is 7.01. The molecule has 1 amide bonds. The van der Waals surface area contributed by atoms with Gasteiger partial charge in [0, 0.05) is 31.0 Å². The quantitative estimate of drug-likeness (QED) is 0.858. The lowest BCUT2D eigenvalue weighted by molar-refractivity contribution is 0.0767. The van der Waals surface area contributed by atoms with E-state index in [0.29, 0.717) is 30.7 Å². The molecule has 1 heterocycles. The van der Waals surface area contributed by atoms with Gasteiger partial charge in [-0.15, -0.1) is 0 Å². The lowest BCUT2D eigenvalue weighted by Crippen LogP contribution is -2.31. The third kappa shape index (κ3) is 4.23. The van der Waals surface area contributed by atoms with Gasteiger partial charge in [-0.1, -0.05) is 13.8 Å². The van der Waals surface area contributed by atoms with Gasteiger partial charge in [-0.05, 0) is 38.8 Å². The minimum Gasteiger partial charge on any atom is -0.382 e. The fourth-order valence-corrected chi connectivity index (χ4v) is 1.74. The van der Waals surface area contributed by atoms with Gasteiger partial charge in [0.15, 0.2) is 0 Å². The Labute approximate surface area is 116 Å². The molecule has 0 aliphatic rings. The third-order valence-electron chi connectivity index (χ3n) is 3.42. The fraction of sp³-hybridized carbons (Fsp3) is 0.600. The van der Waals surface area contributed by atoms with Crippen LogP contribution in [0.15, 0.2) is 18.3 Å². The van der Waals surface area contributed by atoms with Gasteiger partial charge in [0.25, 0.3) is 5.91 Å². The van der Waals surface area contributed by atoms with Gasteiger partial charge in [0.05, 0.1) is 0 Å². The molecule has 1 rings (SSSR count). The number of hydrogen-bond donors (Lipinski definition) is 1. The summed E-state index contributed by atoms with van der Waals surface area (Å²) in [6, 6.07) is 4.09. The van der Waals surface area contributed by atoms with Crippen LogP contribution >= 0.6 is 0 Å². The van der Waals surface area contributed by atoms with E-state index in [4.69, 9.17) is 0 Å². The molecule has 0 fully saturated rings. The number of nitrogens with one attached hydrogen (secondary N) is 1. The van der Waals surface area contributed by atoms with Gasteiger partial charge in [-0.2, -0.15) is 0 Å². The lowest BCUT2D eigenvalue weighted by atomic mass is 10.1. The first kappa shape index (κ1) is 15.5. The van der Waals surface area contributed by atoms with Gasteiger partial charge in [-0.25, -0.2) is 0 Å². The number of aromatic nitrogens is 1. The highest BCUT2D eigenvalue weighted by Crippen LogP contribution is 2.14. The highest BCUT2D eigenvalue weighted by atomic mass is 16.2. The highest BCUT2D eigenvalue weighted by Gasteiger charge is 2.15. The predicted octanol–water partition coefficient (Wildman–Crippen LogP) is 3.02. The van der Waals surface area contributed by atoms with Crippen molar-refractivity contribution in [3.8, 4) is 0 Å². The van der Waals surface area contributed by atoms with E-state index in [2.05, 4.69) is 31.1 Å². The first-order chi connectivity index (χ1) is 8.99. The van der Waals surface area contributed by atoms with Crippen molar-refractivity contribution in [2.24, 2.45) is 5.92 Å². The normalized spacial score (nSPS) is 12.3. The predicted molar refractivity (Wildman–Crippen MR) is 79.4 cm³/mol. The van der Waals surface area contributed by atoms with Gasteiger partial charge in [-0.3, -0.25) is 9.78 Å². The number of nitrogens with zero attached hydrogens (tertiary/aromatic N) is 2. The standard InChI is InChI=1S/C15H25N3O/c1-6-18(7-2)15(19)14-10-13(8-9-16-14)17-12(5)11(3)4/h8-12H,6-7H2,1-5H3,(H,16,17). The van der Waals surface area contributed by atoms with Gasteiger partial charge < -0.3 is 10.2 Å². The monoisotopic (exact) mass is 263 g/mol. The van der Waals surface area contributed by atoms with E-state index in [0.717, 1.165) is 5.69 Å². The molecule has 1 aromatic rings. The summed E-state index contributed by atoms with van der Waals surface area (Å²) in [4.78, 5) is 18.2. The van der Waals surface area contributed by atoms with Crippen LogP contribution < -0.4 is 5.32 Å². The maximum atomic E-state index is 12.2. The van der Waals surface area contributed by atoms with Crippen LogP contribution in [0.3, 0.4) is 0 Å². The summed E-state index contributed by atoms with van der Waals surface area (Å²) in [5.41, 5.74) is 1.45. The van der Waals surface area contributed by atoms with Crippen molar-refractivity contribution in [3.05, 3.63) is 24.0 Å². The number of rotatable bonds is 6. The molecule has 0 saturated carbocycles. The molecule has 0 saturated heterocycles. The number of amides is 1. The van der Waals surface area contributed by atoms with Gasteiger partial charge in [0.1, 0.15) is 5.69 Å². The van der Waals surface area contributed by atoms with E-state index in [1.165, 1.54) is 0 Å². The van der Waals surface area contributed by atoms with Crippen molar-refractivity contribution in [3.63, 3.8) is 0 Å². The van der Waals surface area contributed by atoms with Crippen molar-refractivity contribution >= 4 is 11.6 Å². The van der Waals surface area contributed by atoms with Crippen LogP contribution in [0.1, 0.15) is 45.1 Å². The smallest absolute Gasteiger partial charge is 0.272 e. The van der Waals surface area contributed by atoms with Crippen molar-refractivity contribution < 1.29 is 4.79 Å². The molecule has 1 unspecified atom stereocenters. The average molecular weight is 263 g/mol. The molecule has 19 heavy (non-hydrogen) atoms. The first-order valence-corrected chi connectivity index (χ1v) is 7.01. The van der Waals surface area contributed by atoms with E-state index in [1.54, 1.807) is 11.1 Å². The Bertz CT molecular complexity index is 414. The minimum atomic E-state index is -0.00847. The van der Waals surface area contributed by atoms with Crippen molar-refractivity contribution in [2.45, 2.75) is 40.7 Å². The second kappa shape index (κ2) is 7.12. The summed E-state index contributed by atoms with van der Waals surface area (Å²) in [5.74, 6) is 0.529. The number of carbonyl (C=O) groups is 1.